The standard InChI is InChI=1S/C22H25F3N2O/c1-27(2)21(15-4-3-5-17(23)10-15)14-6-8-20(9-7-14)26-22(28)16-11-18(24)13-19(25)12-16/h3-5,10-14,20-21H,6-9H2,1-2H3,(H,26,28). The van der Waals surface area contributed by atoms with Crippen LogP contribution in [-0.4, -0.2) is 30.9 Å². The van der Waals surface area contributed by atoms with E-state index >= 15 is 0 Å². The lowest BCUT2D eigenvalue weighted by Gasteiger charge is -2.37. The Balaban J connectivity index is 1.62. The summed E-state index contributed by atoms with van der Waals surface area (Å²) >= 11 is 0. The molecule has 0 spiro atoms. The number of nitrogens with one attached hydrogen (secondary N) is 1. The number of amides is 1. The van der Waals surface area contributed by atoms with E-state index in [4.69, 9.17) is 0 Å². The summed E-state index contributed by atoms with van der Waals surface area (Å²) in [6.45, 7) is 0. The largest absolute Gasteiger partial charge is 0.349 e. The van der Waals surface area contributed by atoms with Crippen LogP contribution in [0.5, 0.6) is 0 Å². The molecule has 3 rings (SSSR count). The van der Waals surface area contributed by atoms with Crippen molar-refractivity contribution in [3.63, 3.8) is 0 Å². The van der Waals surface area contributed by atoms with Crippen LogP contribution in [0.3, 0.4) is 0 Å². The lowest BCUT2D eigenvalue weighted by Crippen LogP contribution is -2.40. The summed E-state index contributed by atoms with van der Waals surface area (Å²) in [7, 11) is 3.98. The van der Waals surface area contributed by atoms with E-state index in [9.17, 15) is 18.0 Å². The fourth-order valence-corrected chi connectivity index (χ4v) is 4.22. The number of benzene rings is 2. The minimum absolute atomic E-state index is 0.00875. The van der Waals surface area contributed by atoms with E-state index < -0.39 is 17.5 Å². The molecule has 1 amide bonds. The lowest BCUT2D eigenvalue weighted by atomic mass is 9.78. The van der Waals surface area contributed by atoms with Gasteiger partial charge in [0.25, 0.3) is 5.91 Å². The number of hydrogen-bond donors (Lipinski definition) is 1. The molecule has 1 aliphatic rings. The van der Waals surface area contributed by atoms with Crippen LogP contribution in [0.4, 0.5) is 13.2 Å². The van der Waals surface area contributed by atoms with Crippen LogP contribution in [0.1, 0.15) is 47.6 Å². The average molecular weight is 390 g/mol. The number of halogens is 3. The second kappa shape index (κ2) is 8.78. The van der Waals surface area contributed by atoms with Gasteiger partial charge in [0.05, 0.1) is 0 Å². The lowest BCUT2D eigenvalue weighted by molar-refractivity contribution is 0.0905. The van der Waals surface area contributed by atoms with E-state index in [2.05, 4.69) is 10.2 Å². The minimum Gasteiger partial charge on any atom is -0.349 e. The van der Waals surface area contributed by atoms with E-state index in [1.54, 1.807) is 12.1 Å². The highest BCUT2D eigenvalue weighted by atomic mass is 19.1. The van der Waals surface area contributed by atoms with Gasteiger partial charge in [-0.1, -0.05) is 12.1 Å². The number of carbonyl (C=O) groups is 1. The first kappa shape index (κ1) is 20.4. The molecule has 1 unspecified atom stereocenters. The summed E-state index contributed by atoms with van der Waals surface area (Å²) in [6.07, 6.45) is 3.30. The van der Waals surface area contributed by atoms with Crippen molar-refractivity contribution in [1.29, 1.82) is 0 Å². The molecule has 1 N–H and O–H groups in total. The van der Waals surface area contributed by atoms with Crippen molar-refractivity contribution in [3.8, 4) is 0 Å². The minimum atomic E-state index is -0.766. The summed E-state index contributed by atoms with van der Waals surface area (Å²) in [4.78, 5) is 14.4. The van der Waals surface area contributed by atoms with Crippen LogP contribution in [0.2, 0.25) is 0 Å². The maximum atomic E-state index is 13.7. The van der Waals surface area contributed by atoms with E-state index in [1.165, 1.54) is 6.07 Å². The maximum Gasteiger partial charge on any atom is 0.251 e. The Hall–Kier alpha value is -2.34. The molecule has 0 aromatic heterocycles. The third kappa shape index (κ3) is 4.93. The van der Waals surface area contributed by atoms with Gasteiger partial charge in [0.1, 0.15) is 17.5 Å². The monoisotopic (exact) mass is 390 g/mol. The first-order chi connectivity index (χ1) is 13.3. The summed E-state index contributed by atoms with van der Waals surface area (Å²) in [5.74, 6) is -1.89. The molecule has 28 heavy (non-hydrogen) atoms. The number of carbonyl (C=O) groups excluding carboxylic acids is 1. The quantitative estimate of drug-likeness (QED) is 0.803. The highest BCUT2D eigenvalue weighted by Gasteiger charge is 2.30. The highest BCUT2D eigenvalue weighted by molar-refractivity contribution is 5.94. The van der Waals surface area contributed by atoms with Gasteiger partial charge >= 0.3 is 0 Å². The summed E-state index contributed by atoms with van der Waals surface area (Å²) in [5, 5.41) is 2.88. The third-order valence-electron chi connectivity index (χ3n) is 5.42. The predicted molar refractivity (Wildman–Crippen MR) is 102 cm³/mol. The Labute approximate surface area is 163 Å². The van der Waals surface area contributed by atoms with Gasteiger partial charge < -0.3 is 10.2 Å². The second-order valence-electron chi connectivity index (χ2n) is 7.71. The van der Waals surface area contributed by atoms with Crippen LogP contribution in [0, 0.1) is 23.4 Å². The van der Waals surface area contributed by atoms with Gasteiger partial charge in [-0.05, 0) is 75.5 Å². The van der Waals surface area contributed by atoms with Gasteiger partial charge in [-0.3, -0.25) is 4.79 Å². The van der Waals surface area contributed by atoms with Gasteiger partial charge in [-0.15, -0.1) is 0 Å². The zero-order valence-electron chi connectivity index (χ0n) is 16.1. The third-order valence-corrected chi connectivity index (χ3v) is 5.42. The van der Waals surface area contributed by atoms with Gasteiger partial charge in [0.2, 0.25) is 0 Å². The van der Waals surface area contributed by atoms with E-state index in [0.717, 1.165) is 49.4 Å². The second-order valence-corrected chi connectivity index (χ2v) is 7.71. The van der Waals surface area contributed by atoms with Gasteiger partial charge in [0.15, 0.2) is 0 Å². The molecule has 0 aliphatic heterocycles. The highest BCUT2D eigenvalue weighted by Crippen LogP contribution is 2.37. The van der Waals surface area contributed by atoms with Crippen LogP contribution in [0.15, 0.2) is 42.5 Å². The molecule has 6 heteroatoms. The molecule has 0 radical (unpaired) electrons. The molecule has 1 fully saturated rings. The normalized spacial score (nSPS) is 20.8. The molecule has 1 saturated carbocycles. The fraction of sp³-hybridized carbons (Fsp3) is 0.409. The molecule has 1 aliphatic carbocycles. The van der Waals surface area contributed by atoms with Crippen LogP contribution < -0.4 is 5.32 Å². The maximum absolute atomic E-state index is 13.7. The summed E-state index contributed by atoms with van der Waals surface area (Å²) < 4.78 is 40.3. The van der Waals surface area contributed by atoms with E-state index in [0.29, 0.717) is 5.92 Å². The van der Waals surface area contributed by atoms with Crippen molar-refractivity contribution in [2.24, 2.45) is 5.92 Å². The molecule has 1 atom stereocenters. The Morgan fingerprint density at radius 2 is 1.61 bits per heavy atom. The van der Waals surface area contributed by atoms with Crippen molar-refractivity contribution < 1.29 is 18.0 Å². The molecule has 2 aromatic rings. The molecule has 0 saturated heterocycles. The fourth-order valence-electron chi connectivity index (χ4n) is 4.22. The van der Waals surface area contributed by atoms with Crippen LogP contribution in [-0.2, 0) is 0 Å². The molecular weight excluding hydrogens is 365 g/mol. The van der Waals surface area contributed by atoms with E-state index in [-0.39, 0.29) is 23.5 Å². The topological polar surface area (TPSA) is 32.3 Å². The molecular formula is C22H25F3N2O. The molecule has 0 bridgehead atoms. The number of nitrogens with zero attached hydrogens (tertiary/aromatic N) is 1. The predicted octanol–water partition coefficient (Wildman–Crippen LogP) is 4.70. The zero-order valence-corrected chi connectivity index (χ0v) is 16.1. The van der Waals surface area contributed by atoms with Crippen molar-refractivity contribution in [2.45, 2.75) is 37.8 Å². The average Bonchev–Trinajstić information content (AvgIpc) is 2.62. The van der Waals surface area contributed by atoms with Gasteiger partial charge in [-0.2, -0.15) is 0 Å². The molecule has 150 valence electrons. The molecule has 3 nitrogen and oxygen atoms in total. The van der Waals surface area contributed by atoms with Gasteiger partial charge in [-0.25, -0.2) is 13.2 Å². The van der Waals surface area contributed by atoms with Crippen molar-refractivity contribution in [2.75, 3.05) is 14.1 Å². The number of rotatable bonds is 5. The Bertz CT molecular complexity index is 812. The Morgan fingerprint density at radius 1 is 0.964 bits per heavy atom. The van der Waals surface area contributed by atoms with Crippen LogP contribution in [0.25, 0.3) is 0 Å². The first-order valence-electron chi connectivity index (χ1n) is 9.52. The van der Waals surface area contributed by atoms with Crippen molar-refractivity contribution >= 4 is 5.91 Å². The Morgan fingerprint density at radius 3 is 2.18 bits per heavy atom. The van der Waals surface area contributed by atoms with Crippen molar-refractivity contribution in [3.05, 3.63) is 71.0 Å². The zero-order chi connectivity index (χ0) is 20.3. The smallest absolute Gasteiger partial charge is 0.251 e. The molecule has 2 aromatic carbocycles. The summed E-state index contributed by atoms with van der Waals surface area (Å²) in [5.41, 5.74) is 0.943. The van der Waals surface area contributed by atoms with Crippen LogP contribution >= 0.6 is 0 Å². The van der Waals surface area contributed by atoms with E-state index in [1.807, 2.05) is 20.2 Å². The molecule has 0 heterocycles. The summed E-state index contributed by atoms with van der Waals surface area (Å²) in [6, 6.07) is 9.58. The first-order valence-corrected chi connectivity index (χ1v) is 9.52. The van der Waals surface area contributed by atoms with Gasteiger partial charge in [0, 0.05) is 23.7 Å². The van der Waals surface area contributed by atoms with Crippen molar-refractivity contribution in [1.82, 2.24) is 10.2 Å². The SMILES string of the molecule is CN(C)C(c1cccc(F)c1)C1CCC(NC(=O)c2cc(F)cc(F)c2)CC1. The number of hydrogen-bond acceptors (Lipinski definition) is 2. The Kier molecular flexibility index (Phi) is 6.39.